The maximum Gasteiger partial charge on any atom is 0.253 e. The van der Waals surface area contributed by atoms with Crippen LogP contribution < -0.4 is 10.0 Å². The van der Waals surface area contributed by atoms with Crippen LogP contribution in [0.15, 0.2) is 53.4 Å². The van der Waals surface area contributed by atoms with Crippen molar-refractivity contribution in [3.63, 3.8) is 0 Å². The fraction of sp³-hybridized carbons (Fsp3) is 0.292. The molecule has 0 saturated carbocycles. The van der Waals surface area contributed by atoms with Crippen molar-refractivity contribution in [3.05, 3.63) is 70.8 Å². The minimum Gasteiger partial charge on any atom is -0.352 e. The molecule has 1 aromatic heterocycles. The van der Waals surface area contributed by atoms with Crippen LogP contribution in [0.25, 0.3) is 11.3 Å². The molecule has 2 aromatic carbocycles. The number of nitrogens with zero attached hydrogens (tertiary/aromatic N) is 4. The van der Waals surface area contributed by atoms with Gasteiger partial charge in [-0.2, -0.15) is 0 Å². The number of aromatic nitrogens is 2. The molecule has 2 N–H and O–H groups in total. The molecule has 1 amide bonds. The summed E-state index contributed by atoms with van der Waals surface area (Å²) in [6, 6.07) is 14.0. The number of hydrogen-bond donors (Lipinski definition) is 1. The number of amides is 1. The van der Waals surface area contributed by atoms with E-state index in [-0.39, 0.29) is 10.8 Å². The molecule has 8 nitrogen and oxygen atoms in total. The van der Waals surface area contributed by atoms with Gasteiger partial charge in [0.15, 0.2) is 5.82 Å². The number of benzene rings is 2. The normalized spacial score (nSPS) is 14.4. The second-order valence-electron chi connectivity index (χ2n) is 8.38. The molecule has 33 heavy (non-hydrogen) atoms. The lowest BCUT2D eigenvalue weighted by Crippen LogP contribution is -2.49. The molecule has 1 aliphatic heterocycles. The summed E-state index contributed by atoms with van der Waals surface area (Å²) >= 11 is 0. The fourth-order valence-corrected chi connectivity index (χ4v) is 4.50. The standard InChI is InChI=1S/C24H27N5O3S/c1-16-14-18(3)21(15-17(16)2)22-8-9-23(27-26-22)28-10-12-29(13-11-28)24(30)19-4-6-20(7-5-19)33(25,31)32/h4-9,14-15H,10-13H2,1-3H3,(H2,25,31,32). The Morgan fingerprint density at radius 1 is 0.848 bits per heavy atom. The SMILES string of the molecule is Cc1cc(C)c(-c2ccc(N3CCN(C(=O)c4ccc(S(N)(=O)=O)cc4)CC3)nn2)cc1C. The number of hydrogen-bond acceptors (Lipinski definition) is 6. The van der Waals surface area contributed by atoms with Gasteiger partial charge in [0.05, 0.1) is 10.6 Å². The number of anilines is 1. The van der Waals surface area contributed by atoms with E-state index in [0.29, 0.717) is 31.7 Å². The highest BCUT2D eigenvalue weighted by molar-refractivity contribution is 7.89. The van der Waals surface area contributed by atoms with Crippen molar-refractivity contribution in [1.29, 1.82) is 0 Å². The maximum absolute atomic E-state index is 12.8. The number of nitrogens with two attached hydrogens (primary N) is 1. The molecule has 0 spiro atoms. The van der Waals surface area contributed by atoms with Gasteiger partial charge in [0.2, 0.25) is 10.0 Å². The molecule has 0 atom stereocenters. The van der Waals surface area contributed by atoms with E-state index in [4.69, 9.17) is 5.14 Å². The second kappa shape index (κ2) is 8.92. The zero-order valence-corrected chi connectivity index (χ0v) is 19.8. The molecule has 0 radical (unpaired) electrons. The van der Waals surface area contributed by atoms with Crippen LogP contribution in [-0.4, -0.2) is 55.6 Å². The molecular weight excluding hydrogens is 438 g/mol. The Labute approximate surface area is 194 Å². The summed E-state index contributed by atoms with van der Waals surface area (Å²) in [5.74, 6) is 0.645. The quantitative estimate of drug-likeness (QED) is 0.634. The second-order valence-corrected chi connectivity index (χ2v) is 9.94. The number of rotatable bonds is 4. The lowest BCUT2D eigenvalue weighted by Gasteiger charge is -2.35. The molecule has 1 fully saturated rings. The average Bonchev–Trinajstić information content (AvgIpc) is 2.81. The van der Waals surface area contributed by atoms with E-state index in [9.17, 15) is 13.2 Å². The highest BCUT2D eigenvalue weighted by atomic mass is 32.2. The summed E-state index contributed by atoms with van der Waals surface area (Å²) in [5, 5.41) is 14.0. The fourth-order valence-electron chi connectivity index (χ4n) is 3.98. The first-order valence-electron chi connectivity index (χ1n) is 10.7. The van der Waals surface area contributed by atoms with E-state index in [1.807, 2.05) is 12.1 Å². The minimum atomic E-state index is -3.78. The molecule has 1 aliphatic rings. The van der Waals surface area contributed by atoms with Crippen LogP contribution in [0.3, 0.4) is 0 Å². The summed E-state index contributed by atoms with van der Waals surface area (Å²) < 4.78 is 22.8. The van der Waals surface area contributed by atoms with E-state index in [0.717, 1.165) is 17.1 Å². The molecule has 4 rings (SSSR count). The monoisotopic (exact) mass is 465 g/mol. The number of carbonyl (C=O) groups excluding carboxylic acids is 1. The Kier molecular flexibility index (Phi) is 6.18. The van der Waals surface area contributed by atoms with Gasteiger partial charge in [-0.15, -0.1) is 10.2 Å². The highest BCUT2D eigenvalue weighted by Gasteiger charge is 2.23. The molecule has 0 unspecified atom stereocenters. The van der Waals surface area contributed by atoms with Crippen molar-refractivity contribution in [3.8, 4) is 11.3 Å². The average molecular weight is 466 g/mol. The topological polar surface area (TPSA) is 109 Å². The van der Waals surface area contributed by atoms with Gasteiger partial charge in [-0.05, 0) is 79.9 Å². The van der Waals surface area contributed by atoms with E-state index in [1.54, 1.807) is 4.90 Å². The first kappa shape index (κ1) is 22.9. The van der Waals surface area contributed by atoms with Crippen molar-refractivity contribution in [1.82, 2.24) is 15.1 Å². The molecule has 0 aliphatic carbocycles. The Hall–Kier alpha value is -3.30. The van der Waals surface area contributed by atoms with Crippen LogP contribution in [0.2, 0.25) is 0 Å². The highest BCUT2D eigenvalue weighted by Crippen LogP contribution is 2.26. The van der Waals surface area contributed by atoms with Gasteiger partial charge in [-0.3, -0.25) is 4.79 Å². The van der Waals surface area contributed by atoms with E-state index < -0.39 is 10.0 Å². The Bertz CT molecular complexity index is 1280. The largest absolute Gasteiger partial charge is 0.352 e. The van der Waals surface area contributed by atoms with E-state index in [1.165, 1.54) is 41.0 Å². The van der Waals surface area contributed by atoms with Crippen LogP contribution in [0, 0.1) is 20.8 Å². The third-order valence-electron chi connectivity index (χ3n) is 6.09. The summed E-state index contributed by atoms with van der Waals surface area (Å²) in [6.45, 7) is 8.62. The Morgan fingerprint density at radius 3 is 2.06 bits per heavy atom. The van der Waals surface area contributed by atoms with Gasteiger partial charge < -0.3 is 9.80 Å². The molecule has 172 valence electrons. The number of piperazine rings is 1. The van der Waals surface area contributed by atoms with Crippen LogP contribution in [0.4, 0.5) is 5.82 Å². The summed E-state index contributed by atoms with van der Waals surface area (Å²) in [4.78, 5) is 16.6. The zero-order valence-electron chi connectivity index (χ0n) is 18.9. The first-order chi connectivity index (χ1) is 15.6. The van der Waals surface area contributed by atoms with Gasteiger partial charge in [-0.25, -0.2) is 13.6 Å². The summed E-state index contributed by atoms with van der Waals surface area (Å²) in [6.07, 6.45) is 0. The third-order valence-corrected chi connectivity index (χ3v) is 7.02. The first-order valence-corrected chi connectivity index (χ1v) is 12.3. The number of carbonyl (C=O) groups is 1. The third kappa shape index (κ3) is 4.89. The smallest absolute Gasteiger partial charge is 0.253 e. The van der Waals surface area contributed by atoms with Crippen LogP contribution >= 0.6 is 0 Å². The Balaban J connectivity index is 1.41. The predicted octanol–water partition coefficient (Wildman–Crippen LogP) is 2.68. The summed E-state index contributed by atoms with van der Waals surface area (Å²) in [7, 11) is -3.78. The number of sulfonamides is 1. The molecule has 9 heteroatoms. The van der Waals surface area contributed by atoms with Gasteiger partial charge in [0.25, 0.3) is 5.91 Å². The summed E-state index contributed by atoms with van der Waals surface area (Å²) in [5.41, 5.74) is 6.01. The van der Waals surface area contributed by atoms with Gasteiger partial charge in [0.1, 0.15) is 0 Å². The molecule has 1 saturated heterocycles. The predicted molar refractivity (Wildman–Crippen MR) is 128 cm³/mol. The molecule has 2 heterocycles. The lowest BCUT2D eigenvalue weighted by molar-refractivity contribution is 0.0746. The number of aryl methyl sites for hydroxylation is 3. The number of primary sulfonamides is 1. The van der Waals surface area contributed by atoms with E-state index >= 15 is 0 Å². The molecule has 3 aromatic rings. The zero-order chi connectivity index (χ0) is 23.8. The maximum atomic E-state index is 12.8. The van der Waals surface area contributed by atoms with Gasteiger partial charge >= 0.3 is 0 Å². The van der Waals surface area contributed by atoms with Crippen molar-refractivity contribution >= 4 is 21.7 Å². The van der Waals surface area contributed by atoms with Gasteiger partial charge in [-0.1, -0.05) is 6.07 Å². The Morgan fingerprint density at radius 2 is 1.48 bits per heavy atom. The van der Waals surface area contributed by atoms with Crippen LogP contribution in [0.5, 0.6) is 0 Å². The van der Waals surface area contributed by atoms with Crippen molar-refractivity contribution < 1.29 is 13.2 Å². The van der Waals surface area contributed by atoms with E-state index in [2.05, 4.69) is 48.0 Å². The van der Waals surface area contributed by atoms with Crippen molar-refractivity contribution in [2.45, 2.75) is 25.7 Å². The van der Waals surface area contributed by atoms with Crippen LogP contribution in [0.1, 0.15) is 27.0 Å². The lowest BCUT2D eigenvalue weighted by atomic mass is 9.99. The van der Waals surface area contributed by atoms with Gasteiger partial charge in [0, 0.05) is 37.3 Å². The minimum absolute atomic E-state index is 0.0121. The van der Waals surface area contributed by atoms with Crippen molar-refractivity contribution in [2.24, 2.45) is 5.14 Å². The molecule has 0 bridgehead atoms. The van der Waals surface area contributed by atoms with Crippen LogP contribution in [-0.2, 0) is 10.0 Å². The molecular formula is C24H27N5O3S. The van der Waals surface area contributed by atoms with Crippen molar-refractivity contribution in [2.75, 3.05) is 31.1 Å².